The maximum absolute atomic E-state index is 13.1. The molecule has 9 heteroatoms. The van der Waals surface area contributed by atoms with Crippen molar-refractivity contribution < 1.29 is 8.78 Å². The number of fused-ring (bicyclic) bond motifs is 1. The van der Waals surface area contributed by atoms with Crippen LogP contribution in [0.4, 0.5) is 14.6 Å². The van der Waals surface area contributed by atoms with E-state index in [-0.39, 0.29) is 5.69 Å². The van der Waals surface area contributed by atoms with Crippen LogP contribution in [0.3, 0.4) is 0 Å². The molecule has 1 atom stereocenters. The first kappa shape index (κ1) is 18.8. The number of alkyl halides is 2. The highest BCUT2D eigenvalue weighted by molar-refractivity contribution is 6.00. The molecule has 30 heavy (non-hydrogen) atoms. The highest BCUT2D eigenvalue weighted by Gasteiger charge is 2.26. The average molecular weight is 409 g/mol. The number of aromatic nitrogens is 5. The minimum atomic E-state index is -2.65. The van der Waals surface area contributed by atoms with Gasteiger partial charge in [-0.1, -0.05) is 6.08 Å². The third kappa shape index (κ3) is 3.34. The second-order valence-electron chi connectivity index (χ2n) is 7.59. The van der Waals surface area contributed by atoms with Crippen molar-refractivity contribution in [2.45, 2.75) is 26.2 Å². The lowest BCUT2D eigenvalue weighted by atomic mass is 9.88. The summed E-state index contributed by atoms with van der Waals surface area (Å²) in [5.74, 6) is 1.72. The van der Waals surface area contributed by atoms with Gasteiger partial charge >= 0.3 is 0 Å². The molecule has 2 aliphatic rings. The first-order chi connectivity index (χ1) is 14.6. The maximum Gasteiger partial charge on any atom is 0.281 e. The van der Waals surface area contributed by atoms with Crippen molar-refractivity contribution >= 4 is 17.2 Å². The molecule has 7 nitrogen and oxygen atoms in total. The van der Waals surface area contributed by atoms with Crippen molar-refractivity contribution in [2.24, 2.45) is 10.9 Å². The molecular weight excluding hydrogens is 388 g/mol. The van der Waals surface area contributed by atoms with Crippen LogP contribution >= 0.6 is 0 Å². The van der Waals surface area contributed by atoms with Gasteiger partial charge in [-0.25, -0.2) is 28.7 Å². The summed E-state index contributed by atoms with van der Waals surface area (Å²) >= 11 is 0. The first-order valence-corrected chi connectivity index (χ1v) is 10.0. The van der Waals surface area contributed by atoms with Gasteiger partial charge in [0.2, 0.25) is 0 Å². The molecule has 3 aromatic heterocycles. The molecule has 0 amide bonds. The fourth-order valence-corrected chi connectivity index (χ4v) is 4.25. The molecule has 1 saturated heterocycles. The van der Waals surface area contributed by atoms with Crippen LogP contribution in [-0.2, 0) is 0 Å². The lowest BCUT2D eigenvalue weighted by Crippen LogP contribution is -2.37. The van der Waals surface area contributed by atoms with E-state index in [9.17, 15) is 8.78 Å². The number of rotatable bonds is 4. The van der Waals surface area contributed by atoms with Gasteiger partial charge in [-0.3, -0.25) is 9.39 Å². The summed E-state index contributed by atoms with van der Waals surface area (Å²) in [6.07, 6.45) is 7.72. The number of halogens is 2. The molecule has 3 aromatic rings. The van der Waals surface area contributed by atoms with Crippen molar-refractivity contribution in [1.29, 1.82) is 0 Å². The SMILES string of the molecule is CC1=NCC=C1C1CCCN(c2ccnc(-c3cnc4cnc(C(F)F)cn34)n2)C1. The largest absolute Gasteiger partial charge is 0.356 e. The third-order valence-electron chi connectivity index (χ3n) is 5.75. The summed E-state index contributed by atoms with van der Waals surface area (Å²) in [6.45, 7) is 4.65. The lowest BCUT2D eigenvalue weighted by molar-refractivity contribution is 0.145. The highest BCUT2D eigenvalue weighted by Crippen LogP contribution is 2.30. The smallest absolute Gasteiger partial charge is 0.281 e. The Labute approximate surface area is 172 Å². The Morgan fingerprint density at radius 1 is 1.17 bits per heavy atom. The summed E-state index contributed by atoms with van der Waals surface area (Å²) in [4.78, 5) is 23.9. The Bertz CT molecular complexity index is 1150. The fraction of sp³-hybridized carbons (Fsp3) is 0.381. The summed E-state index contributed by atoms with van der Waals surface area (Å²) in [5, 5.41) is 0. The van der Waals surface area contributed by atoms with Crippen molar-refractivity contribution in [3.05, 3.63) is 48.2 Å². The van der Waals surface area contributed by atoms with Gasteiger partial charge in [-0.05, 0) is 31.4 Å². The van der Waals surface area contributed by atoms with Crippen molar-refractivity contribution in [3.8, 4) is 11.5 Å². The fourth-order valence-electron chi connectivity index (χ4n) is 4.25. The van der Waals surface area contributed by atoms with E-state index < -0.39 is 6.43 Å². The average Bonchev–Trinajstić information content (AvgIpc) is 3.39. The molecule has 0 spiro atoms. The Balaban J connectivity index is 1.45. The molecule has 0 aliphatic carbocycles. The van der Waals surface area contributed by atoms with Gasteiger partial charge in [-0.2, -0.15) is 0 Å². The second-order valence-corrected chi connectivity index (χ2v) is 7.59. The number of nitrogens with zero attached hydrogens (tertiary/aromatic N) is 7. The zero-order valence-electron chi connectivity index (χ0n) is 16.5. The number of piperidine rings is 1. The van der Waals surface area contributed by atoms with Crippen molar-refractivity contribution in [1.82, 2.24) is 24.3 Å². The van der Waals surface area contributed by atoms with Crippen LogP contribution in [0.1, 0.15) is 31.9 Å². The Morgan fingerprint density at radius 2 is 2.07 bits per heavy atom. The van der Waals surface area contributed by atoms with Crippen LogP contribution in [0.25, 0.3) is 17.2 Å². The molecule has 0 aromatic carbocycles. The minimum absolute atomic E-state index is 0.307. The van der Waals surface area contributed by atoms with Crippen LogP contribution in [0.5, 0.6) is 0 Å². The minimum Gasteiger partial charge on any atom is -0.356 e. The van der Waals surface area contributed by atoms with E-state index in [1.165, 1.54) is 18.0 Å². The molecule has 0 N–H and O–H groups in total. The first-order valence-electron chi connectivity index (χ1n) is 10.0. The van der Waals surface area contributed by atoms with Gasteiger partial charge in [0.25, 0.3) is 6.43 Å². The van der Waals surface area contributed by atoms with Crippen molar-refractivity contribution in [2.75, 3.05) is 24.5 Å². The summed E-state index contributed by atoms with van der Waals surface area (Å²) in [5.41, 5.74) is 3.22. The molecular formula is C21H21F2N7. The monoisotopic (exact) mass is 409 g/mol. The number of anilines is 1. The predicted octanol–water partition coefficient (Wildman–Crippen LogP) is 3.74. The van der Waals surface area contributed by atoms with Gasteiger partial charge in [0.05, 0.1) is 18.9 Å². The van der Waals surface area contributed by atoms with E-state index in [4.69, 9.17) is 4.98 Å². The van der Waals surface area contributed by atoms with Crippen LogP contribution < -0.4 is 4.90 Å². The van der Waals surface area contributed by atoms with Gasteiger partial charge in [0, 0.05) is 37.1 Å². The second kappa shape index (κ2) is 7.55. The van der Waals surface area contributed by atoms with Gasteiger partial charge in [0.1, 0.15) is 17.2 Å². The van der Waals surface area contributed by atoms with E-state index in [1.807, 2.05) is 6.07 Å². The summed E-state index contributed by atoms with van der Waals surface area (Å²) in [7, 11) is 0. The maximum atomic E-state index is 13.1. The molecule has 154 valence electrons. The van der Waals surface area contributed by atoms with Crippen molar-refractivity contribution in [3.63, 3.8) is 0 Å². The van der Waals surface area contributed by atoms with Gasteiger partial charge in [0.15, 0.2) is 11.5 Å². The van der Waals surface area contributed by atoms with Crippen LogP contribution in [0.2, 0.25) is 0 Å². The number of hydrogen-bond donors (Lipinski definition) is 0. The van der Waals surface area contributed by atoms with Gasteiger partial charge in [-0.15, -0.1) is 0 Å². The zero-order chi connectivity index (χ0) is 20.7. The standard InChI is InChI=1S/C21H21F2N7/c1-13-15(4-6-24-13)14-3-2-8-29(11-14)18-5-7-25-21(28-18)17-9-27-19-10-26-16(20(22)23)12-30(17)19/h4-5,7,9-10,12,14,20H,2-3,6,8,11H2,1H3. The molecule has 2 aliphatic heterocycles. The predicted molar refractivity (Wildman–Crippen MR) is 110 cm³/mol. The quantitative estimate of drug-likeness (QED) is 0.656. The molecule has 0 radical (unpaired) electrons. The Morgan fingerprint density at radius 3 is 2.87 bits per heavy atom. The third-order valence-corrected chi connectivity index (χ3v) is 5.75. The van der Waals surface area contributed by atoms with E-state index in [1.54, 1.807) is 16.8 Å². The Kier molecular flexibility index (Phi) is 4.72. The Hall–Kier alpha value is -3.23. The number of hydrogen-bond acceptors (Lipinski definition) is 6. The molecule has 5 heterocycles. The number of aliphatic imine (C=N–C) groups is 1. The zero-order valence-corrected chi connectivity index (χ0v) is 16.5. The van der Waals surface area contributed by atoms with E-state index in [2.05, 4.69) is 37.8 Å². The molecule has 1 unspecified atom stereocenters. The van der Waals surface area contributed by atoms with E-state index >= 15 is 0 Å². The summed E-state index contributed by atoms with van der Waals surface area (Å²) in [6, 6.07) is 1.89. The van der Waals surface area contributed by atoms with Crippen LogP contribution in [0.15, 0.2) is 47.5 Å². The molecule has 1 fully saturated rings. The van der Waals surface area contributed by atoms with E-state index in [0.29, 0.717) is 23.1 Å². The molecule has 5 rings (SSSR count). The molecule has 0 bridgehead atoms. The normalized spacial score (nSPS) is 19.5. The highest BCUT2D eigenvalue weighted by atomic mass is 19.3. The number of imidazole rings is 1. The van der Waals surface area contributed by atoms with Crippen LogP contribution in [0, 0.1) is 5.92 Å². The lowest BCUT2D eigenvalue weighted by Gasteiger charge is -2.34. The van der Waals surface area contributed by atoms with E-state index in [0.717, 1.165) is 44.0 Å². The topological polar surface area (TPSA) is 71.6 Å². The van der Waals surface area contributed by atoms with Gasteiger partial charge < -0.3 is 4.90 Å². The summed E-state index contributed by atoms with van der Waals surface area (Å²) < 4.78 is 27.7. The van der Waals surface area contributed by atoms with Crippen LogP contribution in [-0.4, -0.2) is 49.7 Å². The molecule has 0 saturated carbocycles.